The zero-order valence-corrected chi connectivity index (χ0v) is 12.6. The average Bonchev–Trinajstić information content (AvgIpc) is 3.05. The van der Waals surface area contributed by atoms with Gasteiger partial charge in [-0.3, -0.25) is 10.1 Å². The number of allylic oxidation sites excluding steroid dienone is 1. The molecule has 9 nitrogen and oxygen atoms in total. The molecular formula is C14H17N5O4. The van der Waals surface area contributed by atoms with Gasteiger partial charge >= 0.3 is 5.88 Å². The first kappa shape index (κ1) is 15.4. The monoisotopic (exact) mass is 319 g/mol. The van der Waals surface area contributed by atoms with Gasteiger partial charge in [0.1, 0.15) is 11.1 Å². The second-order valence-electron chi connectivity index (χ2n) is 5.19. The molecule has 1 fully saturated rings. The number of furan rings is 1. The number of nitrogens with zero attached hydrogens (tertiary/aromatic N) is 4. The highest BCUT2D eigenvalue weighted by Crippen LogP contribution is 2.21. The van der Waals surface area contributed by atoms with E-state index < -0.39 is 11.1 Å². The molecule has 0 saturated carbocycles. The van der Waals surface area contributed by atoms with E-state index in [9.17, 15) is 10.1 Å². The van der Waals surface area contributed by atoms with Crippen molar-refractivity contribution in [2.24, 2.45) is 15.7 Å². The highest BCUT2D eigenvalue weighted by molar-refractivity contribution is 6.06. The fourth-order valence-electron chi connectivity index (χ4n) is 2.50. The first-order chi connectivity index (χ1) is 11.1. The number of rotatable bonds is 3. The maximum atomic E-state index is 10.7. The van der Waals surface area contributed by atoms with Crippen molar-refractivity contribution in [3.8, 4) is 0 Å². The second kappa shape index (κ2) is 6.31. The summed E-state index contributed by atoms with van der Waals surface area (Å²) in [5.41, 5.74) is 7.94. The van der Waals surface area contributed by atoms with Crippen LogP contribution in [0.4, 0.5) is 5.88 Å². The summed E-state index contributed by atoms with van der Waals surface area (Å²) in [5, 5.41) is 10.7. The van der Waals surface area contributed by atoms with Gasteiger partial charge in [0.05, 0.1) is 19.3 Å². The largest absolute Gasteiger partial charge is 0.433 e. The van der Waals surface area contributed by atoms with Gasteiger partial charge in [-0.05, 0) is 13.0 Å². The Kier molecular flexibility index (Phi) is 4.22. The minimum atomic E-state index is -0.607. The van der Waals surface area contributed by atoms with E-state index in [0.717, 1.165) is 24.4 Å². The van der Waals surface area contributed by atoms with E-state index in [-0.39, 0.29) is 17.5 Å². The normalized spacial score (nSPS) is 23.7. The molecule has 1 saturated heterocycles. The lowest BCUT2D eigenvalue weighted by Gasteiger charge is -2.31. The lowest BCUT2D eigenvalue weighted by Crippen LogP contribution is -2.38. The van der Waals surface area contributed by atoms with Crippen LogP contribution in [0.3, 0.4) is 0 Å². The van der Waals surface area contributed by atoms with E-state index in [1.165, 1.54) is 12.1 Å². The van der Waals surface area contributed by atoms with E-state index >= 15 is 0 Å². The molecule has 0 bridgehead atoms. The summed E-state index contributed by atoms with van der Waals surface area (Å²) >= 11 is 0. The van der Waals surface area contributed by atoms with Gasteiger partial charge in [-0.15, -0.1) is 0 Å². The van der Waals surface area contributed by atoms with E-state index in [1.807, 2.05) is 6.92 Å². The van der Waals surface area contributed by atoms with Crippen molar-refractivity contribution in [1.29, 1.82) is 0 Å². The summed E-state index contributed by atoms with van der Waals surface area (Å²) in [4.78, 5) is 20.8. The van der Waals surface area contributed by atoms with Crippen LogP contribution in [0.2, 0.25) is 0 Å². The third-order valence-corrected chi connectivity index (χ3v) is 3.80. The number of aliphatic imine (C=N–C) groups is 2. The second-order valence-corrected chi connectivity index (χ2v) is 5.19. The molecule has 3 heterocycles. The van der Waals surface area contributed by atoms with Crippen molar-refractivity contribution < 1.29 is 14.1 Å². The van der Waals surface area contributed by atoms with Gasteiger partial charge < -0.3 is 19.8 Å². The summed E-state index contributed by atoms with van der Waals surface area (Å²) in [5.74, 6) is 0.132. The Hall–Kier alpha value is -2.52. The Bertz CT molecular complexity index is 700. The smallest absolute Gasteiger partial charge is 0.397 e. The molecule has 0 aliphatic carbocycles. The van der Waals surface area contributed by atoms with Crippen molar-refractivity contribution in [2.45, 2.75) is 13.1 Å². The van der Waals surface area contributed by atoms with Crippen LogP contribution < -0.4 is 5.73 Å². The summed E-state index contributed by atoms with van der Waals surface area (Å²) < 4.78 is 10.4. The third kappa shape index (κ3) is 3.15. The van der Waals surface area contributed by atoms with Crippen LogP contribution in [-0.2, 0) is 4.74 Å². The highest BCUT2D eigenvalue weighted by atomic mass is 16.6. The standard InChI is InChI=1S/C14H17N5O4/c1-9(18-4-6-22-7-5-18)10-8-16-14(17-13(10)15)11-2-3-12(23-11)19(20)21/h2-3,8,13H,4-7,15H2,1H3. The van der Waals surface area contributed by atoms with Gasteiger partial charge in [0.2, 0.25) is 0 Å². The van der Waals surface area contributed by atoms with Crippen LogP contribution in [0.15, 0.2) is 37.8 Å². The molecular weight excluding hydrogens is 302 g/mol. The van der Waals surface area contributed by atoms with Crippen molar-refractivity contribution in [3.05, 3.63) is 39.3 Å². The van der Waals surface area contributed by atoms with Crippen LogP contribution in [0.5, 0.6) is 0 Å². The number of amidine groups is 1. The molecule has 1 atom stereocenters. The number of ether oxygens (including phenoxy) is 1. The Balaban J connectivity index is 1.81. The molecule has 23 heavy (non-hydrogen) atoms. The quantitative estimate of drug-likeness (QED) is 0.653. The number of nitro groups is 1. The van der Waals surface area contributed by atoms with Gasteiger partial charge in [0.25, 0.3) is 0 Å². The maximum Gasteiger partial charge on any atom is 0.433 e. The van der Waals surface area contributed by atoms with Gasteiger partial charge in [-0.25, -0.2) is 9.98 Å². The Labute approximate surface area is 132 Å². The maximum absolute atomic E-state index is 10.7. The number of hydrogen-bond donors (Lipinski definition) is 1. The molecule has 1 unspecified atom stereocenters. The Morgan fingerprint density at radius 1 is 1.43 bits per heavy atom. The Morgan fingerprint density at radius 2 is 2.17 bits per heavy atom. The van der Waals surface area contributed by atoms with Gasteiger partial charge in [-0.1, -0.05) is 0 Å². The van der Waals surface area contributed by atoms with Crippen molar-refractivity contribution >= 4 is 17.9 Å². The predicted octanol–water partition coefficient (Wildman–Crippen LogP) is 0.910. The highest BCUT2D eigenvalue weighted by Gasteiger charge is 2.23. The zero-order valence-electron chi connectivity index (χ0n) is 12.6. The molecule has 1 aromatic heterocycles. The topological polar surface area (TPSA) is 119 Å². The van der Waals surface area contributed by atoms with Gasteiger partial charge in [0.15, 0.2) is 11.6 Å². The molecule has 0 radical (unpaired) electrons. The van der Waals surface area contributed by atoms with Crippen molar-refractivity contribution in [2.75, 3.05) is 26.3 Å². The molecule has 1 aromatic rings. The Morgan fingerprint density at radius 3 is 2.78 bits per heavy atom. The molecule has 3 rings (SSSR count). The summed E-state index contributed by atoms with van der Waals surface area (Å²) in [6.45, 7) is 4.95. The van der Waals surface area contributed by atoms with Crippen LogP contribution in [0.1, 0.15) is 12.7 Å². The van der Waals surface area contributed by atoms with Crippen LogP contribution in [0, 0.1) is 10.1 Å². The van der Waals surface area contributed by atoms with E-state index in [2.05, 4.69) is 14.9 Å². The number of hydrogen-bond acceptors (Lipinski definition) is 8. The average molecular weight is 319 g/mol. The summed E-state index contributed by atoms with van der Waals surface area (Å²) in [7, 11) is 0. The SMILES string of the molecule is CC(=C1C=NC(c2ccc([N+](=O)[O-])o2)=NC1N)N1CCOCC1. The predicted molar refractivity (Wildman–Crippen MR) is 83.5 cm³/mol. The van der Waals surface area contributed by atoms with Gasteiger partial charge in [0, 0.05) is 30.6 Å². The minimum Gasteiger partial charge on any atom is -0.397 e. The number of morpholine rings is 1. The molecule has 0 aromatic carbocycles. The van der Waals surface area contributed by atoms with Gasteiger partial charge in [-0.2, -0.15) is 0 Å². The number of nitrogens with two attached hydrogens (primary N) is 1. The van der Waals surface area contributed by atoms with Crippen LogP contribution in [-0.4, -0.2) is 54.3 Å². The fraction of sp³-hybridized carbons (Fsp3) is 0.429. The fourth-order valence-corrected chi connectivity index (χ4v) is 2.50. The van der Waals surface area contributed by atoms with E-state index in [1.54, 1.807) is 6.21 Å². The van der Waals surface area contributed by atoms with E-state index in [4.69, 9.17) is 14.9 Å². The van der Waals surface area contributed by atoms with Crippen molar-refractivity contribution in [1.82, 2.24) is 4.90 Å². The third-order valence-electron chi connectivity index (χ3n) is 3.80. The molecule has 2 aliphatic heterocycles. The lowest BCUT2D eigenvalue weighted by atomic mass is 10.1. The molecule has 122 valence electrons. The molecule has 2 N–H and O–H groups in total. The minimum absolute atomic E-state index is 0.228. The molecule has 9 heteroatoms. The zero-order chi connectivity index (χ0) is 16.4. The summed E-state index contributed by atoms with van der Waals surface area (Å²) in [6.07, 6.45) is 1.06. The first-order valence-corrected chi connectivity index (χ1v) is 7.22. The molecule has 2 aliphatic rings. The summed E-state index contributed by atoms with van der Waals surface area (Å²) in [6, 6.07) is 2.73. The van der Waals surface area contributed by atoms with E-state index in [0.29, 0.717) is 13.2 Å². The van der Waals surface area contributed by atoms with Crippen molar-refractivity contribution in [3.63, 3.8) is 0 Å². The molecule has 0 spiro atoms. The van der Waals surface area contributed by atoms with Crippen LogP contribution >= 0.6 is 0 Å². The molecule has 0 amide bonds. The lowest BCUT2D eigenvalue weighted by molar-refractivity contribution is -0.402. The van der Waals surface area contributed by atoms with Crippen LogP contribution in [0.25, 0.3) is 0 Å². The first-order valence-electron chi connectivity index (χ1n) is 7.22.